The van der Waals surface area contributed by atoms with E-state index in [9.17, 15) is 4.79 Å². The highest BCUT2D eigenvalue weighted by atomic mass is 16.1. The lowest BCUT2D eigenvalue weighted by Crippen LogP contribution is -2.25. The van der Waals surface area contributed by atoms with Gasteiger partial charge in [0.1, 0.15) is 5.69 Å². The molecule has 4 heteroatoms. The molecule has 0 radical (unpaired) electrons. The van der Waals surface area contributed by atoms with Crippen LogP contribution in [-0.4, -0.2) is 15.9 Å². The maximum Gasteiger partial charge on any atom is 0.267 e. The van der Waals surface area contributed by atoms with Gasteiger partial charge in [-0.15, -0.1) is 0 Å². The summed E-state index contributed by atoms with van der Waals surface area (Å²) >= 11 is 0. The Morgan fingerprint density at radius 2 is 1.41 bits per heavy atom. The molecular weight excluding hydrogens is 334 g/mol. The van der Waals surface area contributed by atoms with Crippen LogP contribution in [-0.2, 0) is 10.8 Å². The van der Waals surface area contributed by atoms with Crippen molar-refractivity contribution < 1.29 is 4.79 Å². The molecule has 0 fully saturated rings. The first-order chi connectivity index (χ1) is 12.7. The summed E-state index contributed by atoms with van der Waals surface area (Å²) in [6, 6.07) is 19.9. The molecule has 4 nitrogen and oxygen atoms in total. The van der Waals surface area contributed by atoms with Crippen LogP contribution in [0.5, 0.6) is 0 Å². The third-order valence-corrected chi connectivity index (χ3v) is 5.25. The monoisotopic (exact) mass is 359 g/mol. The summed E-state index contributed by atoms with van der Waals surface area (Å²) in [6.07, 6.45) is 1.82. The van der Waals surface area contributed by atoms with Crippen LogP contribution in [0.15, 0.2) is 66.9 Å². The third kappa shape index (κ3) is 3.61. The van der Waals surface area contributed by atoms with Gasteiger partial charge in [0.2, 0.25) is 0 Å². The van der Waals surface area contributed by atoms with E-state index in [1.165, 1.54) is 5.56 Å². The Morgan fingerprint density at radius 3 is 2.00 bits per heavy atom. The second-order valence-electron chi connectivity index (χ2n) is 7.82. The molecule has 1 amide bonds. The lowest BCUT2D eigenvalue weighted by molar-refractivity contribution is 0.0995. The van der Waals surface area contributed by atoms with E-state index in [2.05, 4.69) is 68.0 Å². The van der Waals surface area contributed by atoms with Crippen molar-refractivity contribution in [1.82, 2.24) is 9.97 Å². The van der Waals surface area contributed by atoms with Gasteiger partial charge in [0.25, 0.3) is 5.91 Å². The summed E-state index contributed by atoms with van der Waals surface area (Å²) in [5.74, 6) is -0.516. The van der Waals surface area contributed by atoms with Gasteiger partial charge in [-0.05, 0) is 35.4 Å². The number of nitrogens with two attached hydrogens (primary N) is 1. The molecule has 0 aliphatic carbocycles. The zero-order chi connectivity index (χ0) is 19.7. The number of hydrogen-bond donors (Lipinski definition) is 1. The van der Waals surface area contributed by atoms with Crippen LogP contribution in [0.4, 0.5) is 0 Å². The number of primary amides is 1. The third-order valence-electron chi connectivity index (χ3n) is 5.25. The summed E-state index contributed by atoms with van der Waals surface area (Å²) in [7, 11) is 0. The molecule has 0 saturated heterocycles. The van der Waals surface area contributed by atoms with Crippen LogP contribution in [0.2, 0.25) is 0 Å². The molecule has 3 rings (SSSR count). The summed E-state index contributed by atoms with van der Waals surface area (Å²) in [5.41, 5.74) is 9.22. The number of rotatable bonds is 5. The first kappa shape index (κ1) is 18.8. The standard InChI is InChI=1S/C23H25N3O/c1-22(2,19-12-5-6-14-25-19)16-9-7-10-17(15-16)23(3,4)20-13-8-11-18(26-20)21(24)27/h5-15H,1-4H3,(H2,24,27). The number of carbonyl (C=O) groups excluding carboxylic acids is 1. The van der Waals surface area contributed by atoms with Gasteiger partial charge in [0.05, 0.1) is 11.4 Å². The van der Waals surface area contributed by atoms with Gasteiger partial charge in [0, 0.05) is 17.0 Å². The maximum absolute atomic E-state index is 11.5. The number of carbonyl (C=O) groups is 1. The summed E-state index contributed by atoms with van der Waals surface area (Å²) in [6.45, 7) is 8.56. The molecule has 0 unspecified atom stereocenters. The van der Waals surface area contributed by atoms with E-state index in [0.717, 1.165) is 17.0 Å². The number of benzene rings is 1. The zero-order valence-electron chi connectivity index (χ0n) is 16.2. The van der Waals surface area contributed by atoms with Crippen molar-refractivity contribution in [2.45, 2.75) is 38.5 Å². The van der Waals surface area contributed by atoms with Crippen LogP contribution in [0.25, 0.3) is 0 Å². The van der Waals surface area contributed by atoms with Crippen LogP contribution in [0.1, 0.15) is 60.7 Å². The van der Waals surface area contributed by atoms with Gasteiger partial charge >= 0.3 is 0 Å². The summed E-state index contributed by atoms with van der Waals surface area (Å²) in [5, 5.41) is 0. The fourth-order valence-electron chi connectivity index (χ4n) is 3.24. The predicted molar refractivity (Wildman–Crippen MR) is 108 cm³/mol. The van der Waals surface area contributed by atoms with Crippen molar-refractivity contribution in [3.8, 4) is 0 Å². The summed E-state index contributed by atoms with van der Waals surface area (Å²) < 4.78 is 0. The molecular formula is C23H25N3O. The van der Waals surface area contributed by atoms with Crippen molar-refractivity contribution in [2.24, 2.45) is 5.73 Å². The van der Waals surface area contributed by atoms with Gasteiger partial charge in [-0.3, -0.25) is 9.78 Å². The highest BCUT2D eigenvalue weighted by Gasteiger charge is 2.29. The Bertz CT molecular complexity index is 962. The van der Waals surface area contributed by atoms with Crippen LogP contribution >= 0.6 is 0 Å². The average Bonchev–Trinajstić information content (AvgIpc) is 2.69. The maximum atomic E-state index is 11.5. The zero-order valence-corrected chi connectivity index (χ0v) is 16.2. The van der Waals surface area contributed by atoms with Crippen molar-refractivity contribution in [1.29, 1.82) is 0 Å². The molecule has 27 heavy (non-hydrogen) atoms. The van der Waals surface area contributed by atoms with Crippen molar-refractivity contribution in [3.05, 3.63) is 95.1 Å². The second-order valence-corrected chi connectivity index (χ2v) is 7.82. The van der Waals surface area contributed by atoms with Gasteiger partial charge in [0.15, 0.2) is 0 Å². The predicted octanol–water partition coefficient (Wildman–Crippen LogP) is 4.23. The quantitative estimate of drug-likeness (QED) is 0.741. The number of hydrogen-bond acceptors (Lipinski definition) is 3. The molecule has 0 saturated carbocycles. The topological polar surface area (TPSA) is 68.9 Å². The van der Waals surface area contributed by atoms with Crippen molar-refractivity contribution in [3.63, 3.8) is 0 Å². The molecule has 2 heterocycles. The van der Waals surface area contributed by atoms with Gasteiger partial charge < -0.3 is 5.73 Å². The number of nitrogens with zero attached hydrogens (tertiary/aromatic N) is 2. The Labute approximate surface area is 160 Å². The minimum atomic E-state index is -0.516. The largest absolute Gasteiger partial charge is 0.364 e. The van der Waals surface area contributed by atoms with E-state index in [4.69, 9.17) is 5.73 Å². The molecule has 2 N–H and O–H groups in total. The average molecular weight is 359 g/mol. The fourth-order valence-corrected chi connectivity index (χ4v) is 3.24. The van der Waals surface area contributed by atoms with E-state index < -0.39 is 5.91 Å². The SMILES string of the molecule is CC(C)(c1cccc(C(C)(C)c2cccc(C(N)=O)n2)c1)c1ccccn1. The molecule has 0 spiro atoms. The van der Waals surface area contributed by atoms with Crippen molar-refractivity contribution >= 4 is 5.91 Å². The lowest BCUT2D eigenvalue weighted by atomic mass is 9.76. The first-order valence-corrected chi connectivity index (χ1v) is 9.03. The fraction of sp³-hybridized carbons (Fsp3) is 0.261. The smallest absolute Gasteiger partial charge is 0.267 e. The highest BCUT2D eigenvalue weighted by Crippen LogP contribution is 2.35. The Morgan fingerprint density at radius 1 is 0.815 bits per heavy atom. The van der Waals surface area contributed by atoms with E-state index in [1.54, 1.807) is 6.07 Å². The Balaban J connectivity index is 2.04. The first-order valence-electron chi connectivity index (χ1n) is 9.03. The Hall–Kier alpha value is -3.01. The van der Waals surface area contributed by atoms with E-state index in [1.807, 2.05) is 30.5 Å². The van der Waals surface area contributed by atoms with E-state index >= 15 is 0 Å². The van der Waals surface area contributed by atoms with Gasteiger partial charge in [-0.1, -0.05) is 64.1 Å². The number of amides is 1. The molecule has 3 aromatic rings. The highest BCUT2D eigenvalue weighted by molar-refractivity contribution is 5.90. The molecule has 2 aromatic heterocycles. The Kier molecular flexibility index (Phi) is 4.83. The van der Waals surface area contributed by atoms with Crippen molar-refractivity contribution in [2.75, 3.05) is 0 Å². The normalized spacial score (nSPS) is 12.0. The van der Waals surface area contributed by atoms with Gasteiger partial charge in [-0.2, -0.15) is 0 Å². The molecule has 0 bridgehead atoms. The molecule has 0 aliphatic heterocycles. The molecule has 0 aliphatic rings. The van der Waals surface area contributed by atoms with Crippen LogP contribution in [0, 0.1) is 0 Å². The number of pyridine rings is 2. The van der Waals surface area contributed by atoms with E-state index in [0.29, 0.717) is 0 Å². The lowest BCUT2D eigenvalue weighted by Gasteiger charge is -2.29. The second kappa shape index (κ2) is 6.95. The summed E-state index contributed by atoms with van der Waals surface area (Å²) in [4.78, 5) is 20.5. The molecule has 1 aromatic carbocycles. The van der Waals surface area contributed by atoms with Crippen LogP contribution < -0.4 is 5.73 Å². The van der Waals surface area contributed by atoms with E-state index in [-0.39, 0.29) is 16.5 Å². The van der Waals surface area contributed by atoms with Crippen LogP contribution in [0.3, 0.4) is 0 Å². The van der Waals surface area contributed by atoms with Gasteiger partial charge in [-0.25, -0.2) is 4.98 Å². The minimum absolute atomic E-state index is 0.226. The minimum Gasteiger partial charge on any atom is -0.364 e. The number of aromatic nitrogens is 2. The molecule has 138 valence electrons. The molecule has 0 atom stereocenters.